The zero-order valence-electron chi connectivity index (χ0n) is 9.85. The van der Waals surface area contributed by atoms with E-state index < -0.39 is 0 Å². The predicted octanol–water partition coefficient (Wildman–Crippen LogP) is 2.04. The monoisotopic (exact) mass is 232 g/mol. The number of hydrogen-bond acceptors (Lipinski definition) is 4. The van der Waals surface area contributed by atoms with Crippen LogP contribution in [-0.4, -0.2) is 26.4 Å². The first-order chi connectivity index (χ1) is 8.35. The molecule has 0 radical (unpaired) electrons. The zero-order chi connectivity index (χ0) is 12.1. The Balaban J connectivity index is 2.10. The van der Waals surface area contributed by atoms with Crippen LogP contribution in [0.4, 0.5) is 5.69 Å². The number of hydrogen-bond donors (Lipinski definition) is 1. The number of anilines is 1. The predicted molar refractivity (Wildman–Crippen MR) is 64.9 cm³/mol. The summed E-state index contributed by atoms with van der Waals surface area (Å²) in [6.07, 6.45) is 0.931. The lowest BCUT2D eigenvalue weighted by molar-refractivity contribution is 0.185. The Bertz CT molecular complexity index is 408. The van der Waals surface area contributed by atoms with Crippen molar-refractivity contribution >= 4 is 5.69 Å². The van der Waals surface area contributed by atoms with Gasteiger partial charge in [-0.2, -0.15) is 5.26 Å². The summed E-state index contributed by atoms with van der Waals surface area (Å²) in [5.41, 5.74) is 0.855. The molecule has 0 spiro atoms. The third-order valence-corrected chi connectivity index (χ3v) is 2.99. The highest BCUT2D eigenvalue weighted by Crippen LogP contribution is 2.26. The molecule has 90 valence electrons. The van der Waals surface area contributed by atoms with Gasteiger partial charge in [-0.1, -0.05) is 12.1 Å². The molecule has 0 saturated carbocycles. The molecule has 1 fully saturated rings. The van der Waals surface area contributed by atoms with Crippen LogP contribution in [0.2, 0.25) is 0 Å². The van der Waals surface area contributed by atoms with Crippen molar-refractivity contribution in [1.82, 2.24) is 0 Å². The van der Waals surface area contributed by atoms with Crippen LogP contribution < -0.4 is 10.1 Å². The number of rotatable bonds is 4. The summed E-state index contributed by atoms with van der Waals surface area (Å²) in [6, 6.07) is 9.69. The first-order valence-corrected chi connectivity index (χ1v) is 5.72. The normalized spacial score (nSPS) is 20.6. The smallest absolute Gasteiger partial charge is 0.141 e. The molecular weight excluding hydrogens is 216 g/mol. The van der Waals surface area contributed by atoms with Crippen LogP contribution in [0.15, 0.2) is 24.3 Å². The fourth-order valence-electron chi connectivity index (χ4n) is 2.00. The average Bonchev–Trinajstić information content (AvgIpc) is 2.90. The molecule has 17 heavy (non-hydrogen) atoms. The topological polar surface area (TPSA) is 54.3 Å². The van der Waals surface area contributed by atoms with Gasteiger partial charge in [0.1, 0.15) is 11.8 Å². The Morgan fingerprint density at radius 1 is 1.53 bits per heavy atom. The summed E-state index contributed by atoms with van der Waals surface area (Å²) in [5, 5.41) is 12.4. The lowest BCUT2D eigenvalue weighted by Crippen LogP contribution is -2.28. The summed E-state index contributed by atoms with van der Waals surface area (Å²) >= 11 is 0. The van der Waals surface area contributed by atoms with Crippen molar-refractivity contribution in [1.29, 1.82) is 5.26 Å². The maximum absolute atomic E-state index is 9.20. The van der Waals surface area contributed by atoms with Crippen LogP contribution in [0, 0.1) is 17.2 Å². The summed E-state index contributed by atoms with van der Waals surface area (Å²) < 4.78 is 10.6. The summed E-state index contributed by atoms with van der Waals surface area (Å²) in [5.74, 6) is 1.01. The van der Waals surface area contributed by atoms with Gasteiger partial charge in [0.25, 0.3) is 0 Å². The summed E-state index contributed by atoms with van der Waals surface area (Å²) in [4.78, 5) is 0. The molecule has 0 bridgehead atoms. The first kappa shape index (κ1) is 11.7. The molecule has 1 aliphatic rings. The van der Waals surface area contributed by atoms with Gasteiger partial charge >= 0.3 is 0 Å². The molecule has 1 aromatic rings. The molecule has 0 aromatic heterocycles. The number of para-hydroxylation sites is 2. The Labute approximate surface area is 101 Å². The molecule has 2 rings (SSSR count). The Hall–Kier alpha value is -1.73. The molecule has 2 unspecified atom stereocenters. The first-order valence-electron chi connectivity index (χ1n) is 5.72. The van der Waals surface area contributed by atoms with Gasteiger partial charge in [-0.15, -0.1) is 0 Å². The summed E-state index contributed by atoms with van der Waals surface area (Å²) in [7, 11) is 1.63. The Morgan fingerprint density at radius 3 is 3.00 bits per heavy atom. The van der Waals surface area contributed by atoms with E-state index in [1.807, 2.05) is 24.3 Å². The maximum Gasteiger partial charge on any atom is 0.141 e. The van der Waals surface area contributed by atoms with Gasteiger partial charge in [0.2, 0.25) is 0 Å². The standard InChI is InChI=1S/C13H16N2O2/c1-16-13-5-3-2-4-11(13)15-12(8-14)10-6-7-17-9-10/h2-5,10,12,15H,6-7,9H2,1H3. The van der Waals surface area contributed by atoms with Gasteiger partial charge in [-0.3, -0.25) is 0 Å². The fourth-order valence-corrected chi connectivity index (χ4v) is 2.00. The van der Waals surface area contributed by atoms with E-state index in [2.05, 4.69) is 11.4 Å². The number of ether oxygens (including phenoxy) is 2. The van der Waals surface area contributed by atoms with Crippen LogP contribution in [0.5, 0.6) is 5.75 Å². The van der Waals surface area contributed by atoms with E-state index in [1.165, 1.54) is 0 Å². The van der Waals surface area contributed by atoms with Crippen LogP contribution in [0.1, 0.15) is 6.42 Å². The highest BCUT2D eigenvalue weighted by atomic mass is 16.5. The van der Waals surface area contributed by atoms with Crippen molar-refractivity contribution in [3.05, 3.63) is 24.3 Å². The molecule has 1 N–H and O–H groups in total. The van der Waals surface area contributed by atoms with Gasteiger partial charge in [-0.05, 0) is 18.6 Å². The van der Waals surface area contributed by atoms with Crippen LogP contribution in [0.3, 0.4) is 0 Å². The number of nitriles is 1. The van der Waals surface area contributed by atoms with Crippen molar-refractivity contribution in [2.75, 3.05) is 25.6 Å². The lowest BCUT2D eigenvalue weighted by Gasteiger charge is -2.19. The third-order valence-electron chi connectivity index (χ3n) is 2.99. The van der Waals surface area contributed by atoms with E-state index in [1.54, 1.807) is 7.11 Å². The second-order valence-corrected chi connectivity index (χ2v) is 4.08. The van der Waals surface area contributed by atoms with Crippen molar-refractivity contribution in [2.24, 2.45) is 5.92 Å². The van der Waals surface area contributed by atoms with Crippen LogP contribution in [-0.2, 0) is 4.74 Å². The highest BCUT2D eigenvalue weighted by molar-refractivity contribution is 5.57. The number of nitrogens with one attached hydrogen (secondary N) is 1. The lowest BCUT2D eigenvalue weighted by atomic mass is 10.00. The molecule has 2 atom stereocenters. The second-order valence-electron chi connectivity index (χ2n) is 4.08. The van der Waals surface area contributed by atoms with E-state index in [9.17, 15) is 5.26 Å². The molecule has 0 aliphatic carbocycles. The molecule has 4 nitrogen and oxygen atoms in total. The number of methoxy groups -OCH3 is 1. The summed E-state index contributed by atoms with van der Waals surface area (Å²) in [6.45, 7) is 1.40. The molecular formula is C13H16N2O2. The van der Waals surface area contributed by atoms with Gasteiger partial charge in [0.05, 0.1) is 25.5 Å². The van der Waals surface area contributed by atoms with Gasteiger partial charge in [0.15, 0.2) is 0 Å². The molecule has 1 heterocycles. The van der Waals surface area contributed by atoms with Gasteiger partial charge in [-0.25, -0.2) is 0 Å². The van der Waals surface area contributed by atoms with E-state index in [0.717, 1.165) is 24.5 Å². The van der Waals surface area contributed by atoms with E-state index in [-0.39, 0.29) is 12.0 Å². The Morgan fingerprint density at radius 2 is 2.35 bits per heavy atom. The van der Waals surface area contributed by atoms with Crippen molar-refractivity contribution in [3.8, 4) is 11.8 Å². The van der Waals surface area contributed by atoms with Crippen LogP contribution in [0.25, 0.3) is 0 Å². The van der Waals surface area contributed by atoms with Crippen LogP contribution >= 0.6 is 0 Å². The van der Waals surface area contributed by atoms with E-state index in [0.29, 0.717) is 6.61 Å². The minimum absolute atomic E-state index is 0.228. The average molecular weight is 232 g/mol. The second kappa shape index (κ2) is 5.55. The molecule has 1 saturated heterocycles. The van der Waals surface area contributed by atoms with Crippen molar-refractivity contribution in [3.63, 3.8) is 0 Å². The Kier molecular flexibility index (Phi) is 3.84. The number of nitrogens with zero attached hydrogens (tertiary/aromatic N) is 1. The van der Waals surface area contributed by atoms with Crippen molar-refractivity contribution < 1.29 is 9.47 Å². The van der Waals surface area contributed by atoms with Gasteiger partial charge in [0, 0.05) is 12.5 Å². The maximum atomic E-state index is 9.20. The molecule has 0 amide bonds. The van der Waals surface area contributed by atoms with Crippen molar-refractivity contribution in [2.45, 2.75) is 12.5 Å². The fraction of sp³-hybridized carbons (Fsp3) is 0.462. The quantitative estimate of drug-likeness (QED) is 0.863. The van der Waals surface area contributed by atoms with Gasteiger partial charge < -0.3 is 14.8 Å². The molecule has 1 aromatic carbocycles. The minimum Gasteiger partial charge on any atom is -0.495 e. The zero-order valence-corrected chi connectivity index (χ0v) is 9.85. The molecule has 4 heteroatoms. The SMILES string of the molecule is COc1ccccc1NC(C#N)C1CCOC1. The number of benzene rings is 1. The highest BCUT2D eigenvalue weighted by Gasteiger charge is 2.26. The van der Waals surface area contributed by atoms with E-state index in [4.69, 9.17) is 9.47 Å². The largest absolute Gasteiger partial charge is 0.495 e. The third kappa shape index (κ3) is 2.69. The molecule has 1 aliphatic heterocycles. The minimum atomic E-state index is -0.228. The van der Waals surface area contributed by atoms with E-state index >= 15 is 0 Å².